The van der Waals surface area contributed by atoms with Gasteiger partial charge in [-0.05, 0) is 52.8 Å². The van der Waals surface area contributed by atoms with Crippen LogP contribution in [0.2, 0.25) is 0 Å². The predicted octanol–water partition coefficient (Wildman–Crippen LogP) is 3.45. The van der Waals surface area contributed by atoms with E-state index in [1.807, 2.05) is 10.7 Å². The second kappa shape index (κ2) is 7.05. The highest BCUT2D eigenvalue weighted by Crippen LogP contribution is 2.32. The van der Waals surface area contributed by atoms with Crippen LogP contribution in [0, 0.1) is 13.8 Å². The number of rotatable bonds is 4. The molecule has 0 spiro atoms. The Balaban J connectivity index is 1.85. The molecule has 1 atom stereocenters. The van der Waals surface area contributed by atoms with E-state index >= 15 is 0 Å². The zero-order valence-corrected chi connectivity index (χ0v) is 17.0. The first-order valence-electron chi connectivity index (χ1n) is 9.41. The molecule has 1 aliphatic heterocycles. The van der Waals surface area contributed by atoms with Crippen LogP contribution < -0.4 is 10.6 Å². The zero-order valence-electron chi connectivity index (χ0n) is 16.2. The molecule has 142 valence electrons. The van der Waals surface area contributed by atoms with Crippen molar-refractivity contribution in [2.45, 2.75) is 46.2 Å². The molecule has 0 radical (unpaired) electrons. The van der Waals surface area contributed by atoms with Gasteiger partial charge in [-0.3, -0.25) is 4.79 Å². The molecule has 1 fully saturated rings. The summed E-state index contributed by atoms with van der Waals surface area (Å²) in [6.45, 7) is 10.1. The zero-order chi connectivity index (χ0) is 19.1. The molecule has 4 rings (SSSR count). The molecule has 0 aromatic carbocycles. The van der Waals surface area contributed by atoms with Crippen LogP contribution in [0.3, 0.4) is 0 Å². The molecule has 1 aliphatic rings. The van der Waals surface area contributed by atoms with E-state index < -0.39 is 0 Å². The van der Waals surface area contributed by atoms with Crippen molar-refractivity contribution in [2.24, 2.45) is 0 Å². The predicted molar refractivity (Wildman–Crippen MR) is 109 cm³/mol. The molecule has 3 aromatic heterocycles. The second-order valence-electron chi connectivity index (χ2n) is 7.47. The van der Waals surface area contributed by atoms with Gasteiger partial charge in [0.15, 0.2) is 5.65 Å². The molecular formula is C20H25N5OS. The van der Waals surface area contributed by atoms with Crippen LogP contribution in [-0.2, 0) is 0 Å². The Morgan fingerprint density at radius 2 is 2.19 bits per heavy atom. The Bertz CT molecular complexity index is 997. The van der Waals surface area contributed by atoms with Gasteiger partial charge in [0.2, 0.25) is 0 Å². The molecule has 6 nitrogen and oxygen atoms in total. The van der Waals surface area contributed by atoms with Gasteiger partial charge in [0.25, 0.3) is 5.91 Å². The van der Waals surface area contributed by atoms with Crippen LogP contribution in [0.5, 0.6) is 0 Å². The first-order chi connectivity index (χ1) is 12.9. The van der Waals surface area contributed by atoms with Crippen molar-refractivity contribution in [1.29, 1.82) is 0 Å². The highest BCUT2D eigenvalue weighted by Gasteiger charge is 2.23. The average molecular weight is 384 g/mol. The topological polar surface area (TPSA) is 71.8 Å². The molecule has 27 heavy (non-hydrogen) atoms. The van der Waals surface area contributed by atoms with Crippen LogP contribution in [0.1, 0.15) is 46.4 Å². The number of carbonyl (C=O) groups is 1. The molecule has 0 saturated carbocycles. The van der Waals surface area contributed by atoms with Crippen LogP contribution in [0.15, 0.2) is 18.3 Å². The summed E-state index contributed by atoms with van der Waals surface area (Å²) < 4.78 is 1.89. The van der Waals surface area contributed by atoms with E-state index in [0.717, 1.165) is 41.8 Å². The Labute approximate surface area is 163 Å². The van der Waals surface area contributed by atoms with Gasteiger partial charge in [0, 0.05) is 33.9 Å². The highest BCUT2D eigenvalue weighted by atomic mass is 32.1. The standard InChI is InChI=1S/C20H25N5OS/c1-11(2)25-19-17(10-22-25)16(20(26)23-14-5-6-21-9-14)8-18(24-19)15-7-12(3)27-13(15)4/h7-8,10-11,14,21H,5-6,9H2,1-4H3,(H,23,26). The normalized spacial score (nSPS) is 17.1. The number of hydrogen-bond acceptors (Lipinski definition) is 5. The maximum atomic E-state index is 13.1. The van der Waals surface area contributed by atoms with Crippen molar-refractivity contribution in [2.75, 3.05) is 13.1 Å². The van der Waals surface area contributed by atoms with E-state index in [4.69, 9.17) is 4.98 Å². The first kappa shape index (κ1) is 18.1. The quantitative estimate of drug-likeness (QED) is 0.724. The van der Waals surface area contributed by atoms with Gasteiger partial charge in [0.05, 0.1) is 22.8 Å². The number of thiophene rings is 1. The summed E-state index contributed by atoms with van der Waals surface area (Å²) in [7, 11) is 0. The summed E-state index contributed by atoms with van der Waals surface area (Å²) in [6.07, 6.45) is 2.72. The number of aryl methyl sites for hydroxylation is 2. The summed E-state index contributed by atoms with van der Waals surface area (Å²) >= 11 is 1.75. The van der Waals surface area contributed by atoms with Crippen molar-refractivity contribution in [3.63, 3.8) is 0 Å². The number of fused-ring (bicyclic) bond motifs is 1. The molecule has 0 bridgehead atoms. The minimum atomic E-state index is -0.0507. The fraction of sp³-hybridized carbons (Fsp3) is 0.450. The molecule has 1 amide bonds. The number of nitrogens with one attached hydrogen (secondary N) is 2. The largest absolute Gasteiger partial charge is 0.348 e. The van der Waals surface area contributed by atoms with Gasteiger partial charge >= 0.3 is 0 Å². The van der Waals surface area contributed by atoms with Gasteiger partial charge in [-0.1, -0.05) is 0 Å². The van der Waals surface area contributed by atoms with Gasteiger partial charge in [-0.15, -0.1) is 11.3 Å². The molecule has 0 aliphatic carbocycles. The Morgan fingerprint density at radius 1 is 1.37 bits per heavy atom. The van der Waals surface area contributed by atoms with E-state index in [2.05, 4.69) is 49.5 Å². The third kappa shape index (κ3) is 3.37. The van der Waals surface area contributed by atoms with E-state index in [0.29, 0.717) is 5.56 Å². The molecule has 1 saturated heterocycles. The summed E-state index contributed by atoms with van der Waals surface area (Å²) in [4.78, 5) is 20.4. The molecule has 4 heterocycles. The maximum Gasteiger partial charge on any atom is 0.252 e. The molecule has 2 N–H and O–H groups in total. The lowest BCUT2D eigenvalue weighted by molar-refractivity contribution is 0.0941. The summed E-state index contributed by atoms with van der Waals surface area (Å²) in [6, 6.07) is 4.41. The lowest BCUT2D eigenvalue weighted by Gasteiger charge is -2.14. The average Bonchev–Trinajstić information content (AvgIpc) is 3.33. The van der Waals surface area contributed by atoms with Crippen molar-refractivity contribution >= 4 is 28.3 Å². The number of nitrogens with zero attached hydrogens (tertiary/aromatic N) is 3. The van der Waals surface area contributed by atoms with E-state index in [1.54, 1.807) is 17.5 Å². The third-order valence-corrected chi connectivity index (χ3v) is 5.98. The van der Waals surface area contributed by atoms with Gasteiger partial charge in [-0.2, -0.15) is 5.10 Å². The lowest BCUT2D eigenvalue weighted by atomic mass is 10.1. The fourth-order valence-electron chi connectivity index (χ4n) is 3.65. The summed E-state index contributed by atoms with van der Waals surface area (Å²) in [5.74, 6) is -0.0507. The number of carbonyl (C=O) groups excluding carboxylic acids is 1. The number of hydrogen-bond donors (Lipinski definition) is 2. The van der Waals surface area contributed by atoms with Crippen molar-refractivity contribution < 1.29 is 4.79 Å². The molecule has 3 aromatic rings. The van der Waals surface area contributed by atoms with Crippen LogP contribution >= 0.6 is 11.3 Å². The van der Waals surface area contributed by atoms with Crippen LogP contribution in [0.4, 0.5) is 0 Å². The van der Waals surface area contributed by atoms with Crippen molar-refractivity contribution in [1.82, 2.24) is 25.4 Å². The number of pyridine rings is 1. The Kier molecular flexibility index (Phi) is 4.74. The Hall–Kier alpha value is -2.25. The monoisotopic (exact) mass is 383 g/mol. The van der Waals surface area contributed by atoms with Crippen molar-refractivity contribution in [3.8, 4) is 11.3 Å². The van der Waals surface area contributed by atoms with Crippen LogP contribution in [0.25, 0.3) is 22.3 Å². The fourth-order valence-corrected chi connectivity index (χ4v) is 4.58. The van der Waals surface area contributed by atoms with Crippen molar-refractivity contribution in [3.05, 3.63) is 33.6 Å². The maximum absolute atomic E-state index is 13.1. The first-order valence-corrected chi connectivity index (χ1v) is 10.2. The molecule has 7 heteroatoms. The van der Waals surface area contributed by atoms with Crippen LogP contribution in [-0.4, -0.2) is 39.8 Å². The number of amides is 1. The molecule has 1 unspecified atom stereocenters. The minimum absolute atomic E-state index is 0.0507. The highest BCUT2D eigenvalue weighted by molar-refractivity contribution is 7.12. The van der Waals surface area contributed by atoms with Gasteiger partial charge in [0.1, 0.15) is 0 Å². The smallest absolute Gasteiger partial charge is 0.252 e. The summed E-state index contributed by atoms with van der Waals surface area (Å²) in [5, 5.41) is 11.8. The number of aromatic nitrogens is 3. The van der Waals surface area contributed by atoms with Gasteiger partial charge < -0.3 is 10.6 Å². The van der Waals surface area contributed by atoms with E-state index in [9.17, 15) is 4.79 Å². The van der Waals surface area contributed by atoms with E-state index in [1.165, 1.54) is 9.75 Å². The molecular weight excluding hydrogens is 358 g/mol. The summed E-state index contributed by atoms with van der Waals surface area (Å²) in [5.41, 5.74) is 3.34. The minimum Gasteiger partial charge on any atom is -0.348 e. The SMILES string of the molecule is Cc1cc(-c2cc(C(=O)NC3CCNC3)c3cnn(C(C)C)c3n2)c(C)s1. The Morgan fingerprint density at radius 3 is 2.81 bits per heavy atom. The van der Waals surface area contributed by atoms with Gasteiger partial charge in [-0.25, -0.2) is 9.67 Å². The second-order valence-corrected chi connectivity index (χ2v) is 8.93. The third-order valence-electron chi connectivity index (χ3n) is 5.01. The lowest BCUT2D eigenvalue weighted by Crippen LogP contribution is -2.36. The van der Waals surface area contributed by atoms with E-state index in [-0.39, 0.29) is 18.0 Å².